The number of hydrogen-bond acceptors (Lipinski definition) is 16. The van der Waals surface area contributed by atoms with E-state index in [2.05, 4.69) is 55.4 Å². The van der Waals surface area contributed by atoms with Crippen molar-refractivity contribution in [1.29, 1.82) is 0 Å². The quantitative estimate of drug-likeness (QED) is 0.0172. The van der Waals surface area contributed by atoms with Gasteiger partial charge < -0.3 is 58.6 Å². The fraction of sp³-hybridized carbons (Fsp3) is 0.667. The number of rotatable bonds is 64. The van der Waals surface area contributed by atoms with Crippen molar-refractivity contribution in [1.82, 2.24) is 0 Å². The summed E-state index contributed by atoms with van der Waals surface area (Å²) in [6.07, 6.45) is 56.3. The van der Waals surface area contributed by atoms with E-state index in [9.17, 15) is 58.8 Å². The maximum Gasteiger partial charge on any atom is 4.00 e. The first-order valence-electron chi connectivity index (χ1n) is 44.5. The van der Waals surface area contributed by atoms with Crippen LogP contribution < -0.4 is 20.4 Å². The number of carboxylic acid groups (broad SMARTS) is 4. The zero-order valence-corrected chi connectivity index (χ0v) is 74.4. The number of carbonyl (C=O) groups excluding carboxylic acids is 8. The number of ether oxygens (including phenoxy) is 4. The molecule has 16 nitrogen and oxygen atoms in total. The molecule has 632 valence electrons. The second-order valence-electron chi connectivity index (χ2n) is 30.2. The molecular weight excluding hydrogens is 1530 g/mol. The van der Waals surface area contributed by atoms with Crippen LogP contribution in [0.25, 0.3) is 0 Å². The van der Waals surface area contributed by atoms with Crippen LogP contribution >= 0.6 is 0 Å². The summed E-state index contributed by atoms with van der Waals surface area (Å²) in [6.45, 7) is 18.8. The average molecular weight is 1680 g/mol. The van der Waals surface area contributed by atoms with E-state index in [1.165, 1.54) is 178 Å². The molecule has 0 aliphatic rings. The Labute approximate surface area is 700 Å². The van der Waals surface area contributed by atoms with Crippen LogP contribution in [0.2, 0.25) is 0 Å². The Morgan fingerprint density at radius 3 is 0.504 bits per heavy atom. The Hall–Kier alpha value is -6.56. The minimum atomic E-state index is -1.30. The summed E-state index contributed by atoms with van der Waals surface area (Å²) in [5.74, 6) is -7.42. The zero-order chi connectivity index (χ0) is 82.5. The first-order valence-corrected chi connectivity index (χ1v) is 44.5. The SMILES string of the molecule is CCCCCCCCOC(=O)c1cccc(CCCCCCCC)c1C(=O)[O-].CCCCCCCCOC(=O)c1cccc(CCCCCCCC)c1C(=O)[O-].CCCCCCCCOC(=O)c1cccc(CCCCCCCC)c1C(=O)[O-].CCCCCCCCOC(=O)c1cccc(CCCCCCCC)c1C(=O)[O-].[Sn+4]. The Bertz CT molecular complexity index is 2740. The fourth-order valence-corrected chi connectivity index (χ4v) is 13.8. The molecule has 0 fully saturated rings. The number of aryl methyl sites for hydroxylation is 4. The molecule has 4 rings (SSSR count). The predicted molar refractivity (Wildman–Crippen MR) is 452 cm³/mol. The van der Waals surface area contributed by atoms with Crippen molar-refractivity contribution in [2.45, 2.75) is 389 Å². The van der Waals surface area contributed by atoms with Crippen LogP contribution in [0, 0.1) is 0 Å². The molecule has 0 spiro atoms. The molecule has 0 aliphatic heterocycles. The number of esters is 4. The first kappa shape index (κ1) is 106. The number of aromatic carboxylic acids is 4. The van der Waals surface area contributed by atoms with E-state index in [4.69, 9.17) is 18.9 Å². The van der Waals surface area contributed by atoms with Gasteiger partial charge in [-0.25, -0.2) is 19.2 Å². The van der Waals surface area contributed by atoms with Crippen LogP contribution in [0.5, 0.6) is 0 Å². The van der Waals surface area contributed by atoms with Gasteiger partial charge in [0, 0.05) is 22.3 Å². The zero-order valence-electron chi connectivity index (χ0n) is 71.6. The second-order valence-corrected chi connectivity index (χ2v) is 30.2. The van der Waals surface area contributed by atoms with Gasteiger partial charge in [0.05, 0.1) is 72.6 Å². The number of unbranched alkanes of at least 4 members (excludes halogenated alkanes) is 40. The van der Waals surface area contributed by atoms with Crippen LogP contribution in [0.3, 0.4) is 0 Å². The van der Waals surface area contributed by atoms with Gasteiger partial charge in [0.15, 0.2) is 0 Å². The summed E-state index contributed by atoms with van der Waals surface area (Å²) in [6, 6.07) is 20.2. The Balaban J connectivity index is 0.00000148. The summed E-state index contributed by atoms with van der Waals surface area (Å²) < 4.78 is 21.3. The van der Waals surface area contributed by atoms with Gasteiger partial charge in [-0.2, -0.15) is 0 Å². The van der Waals surface area contributed by atoms with E-state index < -0.39 is 47.8 Å². The van der Waals surface area contributed by atoms with Crippen LogP contribution in [0.15, 0.2) is 72.8 Å². The van der Waals surface area contributed by atoms with E-state index in [0.717, 1.165) is 154 Å². The second kappa shape index (κ2) is 73.1. The third-order valence-corrected chi connectivity index (χ3v) is 20.4. The van der Waals surface area contributed by atoms with Gasteiger partial charge in [0.2, 0.25) is 0 Å². The predicted octanol–water partition coefficient (Wildman–Crippen LogP) is 21.5. The molecule has 4 aromatic rings. The van der Waals surface area contributed by atoms with Gasteiger partial charge in [-0.1, -0.05) is 361 Å². The summed E-state index contributed by atoms with van der Waals surface area (Å²) in [7, 11) is 0. The molecule has 0 aromatic heterocycles. The van der Waals surface area contributed by atoms with Gasteiger partial charge in [0.1, 0.15) is 0 Å². The topological polar surface area (TPSA) is 266 Å². The average Bonchev–Trinajstić information content (AvgIpc) is 0.843. The van der Waals surface area contributed by atoms with Crippen molar-refractivity contribution in [2.24, 2.45) is 0 Å². The first-order chi connectivity index (χ1) is 54.5. The van der Waals surface area contributed by atoms with E-state index in [1.54, 1.807) is 48.5 Å². The molecule has 0 bridgehead atoms. The van der Waals surface area contributed by atoms with Crippen molar-refractivity contribution in [3.05, 3.63) is 140 Å². The van der Waals surface area contributed by atoms with E-state index in [-0.39, 0.29) is 68.4 Å². The molecule has 0 aliphatic carbocycles. The van der Waals surface area contributed by atoms with Gasteiger partial charge in [-0.05, 0) is 124 Å². The smallest absolute Gasteiger partial charge is 0.545 e. The van der Waals surface area contributed by atoms with E-state index in [1.807, 2.05) is 0 Å². The third-order valence-electron chi connectivity index (χ3n) is 20.4. The maximum atomic E-state index is 12.4. The molecular formula is C96H148O16Sn. The number of carbonyl (C=O) groups is 8. The Kier molecular flexibility index (Phi) is 68.8. The van der Waals surface area contributed by atoms with Crippen molar-refractivity contribution in [2.75, 3.05) is 26.4 Å². The molecule has 0 N–H and O–H groups in total. The fourth-order valence-electron chi connectivity index (χ4n) is 13.8. The van der Waals surface area contributed by atoms with E-state index >= 15 is 0 Å². The molecule has 17 heteroatoms. The molecule has 0 atom stereocenters. The third kappa shape index (κ3) is 50.5. The number of benzene rings is 4. The monoisotopic (exact) mass is 1680 g/mol. The van der Waals surface area contributed by atoms with Gasteiger partial charge in [-0.15, -0.1) is 0 Å². The minimum absolute atomic E-state index is 0. The van der Waals surface area contributed by atoms with Crippen molar-refractivity contribution in [3.63, 3.8) is 0 Å². The minimum Gasteiger partial charge on any atom is -0.545 e. The summed E-state index contributed by atoms with van der Waals surface area (Å²) in [5, 5.41) is 46.7. The Morgan fingerprint density at radius 2 is 0.354 bits per heavy atom. The summed E-state index contributed by atoms with van der Waals surface area (Å²) in [5.41, 5.74) is 3.18. The van der Waals surface area contributed by atoms with Gasteiger partial charge >= 0.3 is 47.8 Å². The van der Waals surface area contributed by atoms with Crippen LogP contribution in [0.4, 0.5) is 0 Å². The van der Waals surface area contributed by atoms with Gasteiger partial charge in [-0.3, -0.25) is 0 Å². The largest absolute Gasteiger partial charge is 4.00 e. The van der Waals surface area contributed by atoms with Crippen LogP contribution in [0.1, 0.15) is 469 Å². The van der Waals surface area contributed by atoms with E-state index in [0.29, 0.717) is 74.4 Å². The number of hydrogen-bond donors (Lipinski definition) is 0. The number of carboxylic acids is 4. The van der Waals surface area contributed by atoms with Crippen molar-refractivity contribution >= 4 is 71.7 Å². The van der Waals surface area contributed by atoms with Gasteiger partial charge in [0.25, 0.3) is 0 Å². The summed E-state index contributed by atoms with van der Waals surface area (Å²) >= 11 is 0. The molecule has 4 aromatic carbocycles. The molecule has 0 saturated carbocycles. The van der Waals surface area contributed by atoms with Crippen LogP contribution in [-0.2, 0) is 44.6 Å². The molecule has 0 saturated heterocycles. The Morgan fingerprint density at radius 1 is 0.212 bits per heavy atom. The van der Waals surface area contributed by atoms with Crippen molar-refractivity contribution < 1.29 is 77.7 Å². The normalized spacial score (nSPS) is 10.7. The van der Waals surface area contributed by atoms with Crippen molar-refractivity contribution in [3.8, 4) is 0 Å². The molecule has 0 heterocycles. The standard InChI is InChI=1S/4C24H38O4.Sn/c4*1-3-5-7-9-11-13-16-20-17-15-18-21(22(20)23(25)26)24(27)28-19-14-12-10-8-6-4-2;/h4*15,17-18H,3-14,16,19H2,1-2H3,(H,25,26);/q;;;;+4/p-4. The van der Waals surface area contributed by atoms with Crippen LogP contribution in [-0.4, -0.2) is 98.1 Å². The summed E-state index contributed by atoms with van der Waals surface area (Å²) in [4.78, 5) is 96.3. The molecule has 113 heavy (non-hydrogen) atoms. The maximum absolute atomic E-state index is 12.4. The molecule has 0 unspecified atom stereocenters. The molecule has 0 amide bonds. The molecule has 0 radical (unpaired) electrons.